The predicted octanol–water partition coefficient (Wildman–Crippen LogP) is 7.25. The van der Waals surface area contributed by atoms with Crippen molar-refractivity contribution in [3.05, 3.63) is 116 Å². The molecule has 2 unspecified atom stereocenters. The first-order chi connectivity index (χ1) is 23.2. The fourth-order valence-electron chi connectivity index (χ4n) is 4.22. The summed E-state index contributed by atoms with van der Waals surface area (Å²) in [5, 5.41) is 18.6. The van der Waals surface area contributed by atoms with Crippen molar-refractivity contribution in [3.63, 3.8) is 0 Å². The van der Waals surface area contributed by atoms with E-state index < -0.39 is 24.1 Å². The van der Waals surface area contributed by atoms with Crippen LogP contribution < -0.4 is 9.47 Å². The highest BCUT2D eigenvalue weighted by atomic mass is 79.9. The molecule has 0 spiro atoms. The van der Waals surface area contributed by atoms with Crippen LogP contribution in [0.4, 0.5) is 0 Å². The lowest BCUT2D eigenvalue weighted by Gasteiger charge is -2.13. The summed E-state index contributed by atoms with van der Waals surface area (Å²) in [7, 11) is 0. The van der Waals surface area contributed by atoms with Gasteiger partial charge in [-0.15, -0.1) is 0 Å². The van der Waals surface area contributed by atoms with Crippen LogP contribution in [0.15, 0.2) is 93.9 Å². The summed E-state index contributed by atoms with van der Waals surface area (Å²) in [5.41, 5.74) is 3.37. The fraction of sp³-hybridized carbons (Fsp3) is 0.263. The molecule has 3 rings (SSSR count). The number of carboxylic acids is 2. The van der Waals surface area contributed by atoms with Crippen LogP contribution in [-0.4, -0.2) is 60.8 Å². The Morgan fingerprint density at radius 1 is 0.688 bits per heavy atom. The standard InChI is InChI=1S/C38H36Br2O8/c1-3-45-35(37(41)42)25-29-17-19-33(31(39)23-29)47-21-9-5-7-11-27-13-15-28(16-14-27)12-8-6-10-22-48-34-20-18-30(24-32(34)40)26-36(38(43)44)46-4-2/h5-6,9-10,13-20,23-24,35-36H,3-4,21-22,25-26H2,1-2H3,(H,41,42)(H,43,44). The molecule has 2 N–H and O–H groups in total. The molecular weight excluding hydrogens is 744 g/mol. The number of ether oxygens (including phenoxy) is 4. The molecule has 0 heterocycles. The summed E-state index contributed by atoms with van der Waals surface area (Å²) in [5.74, 6) is 11.5. The molecule has 0 amide bonds. The number of carbonyl (C=O) groups is 2. The molecule has 0 radical (unpaired) electrons. The number of carboxylic acid groups (broad SMARTS) is 2. The van der Waals surface area contributed by atoms with Gasteiger partial charge >= 0.3 is 11.9 Å². The molecular formula is C38H36Br2O8. The van der Waals surface area contributed by atoms with Gasteiger partial charge in [-0.05, 0) is 130 Å². The van der Waals surface area contributed by atoms with E-state index >= 15 is 0 Å². The summed E-state index contributed by atoms with van der Waals surface area (Å²) in [6, 6.07) is 18.5. The third-order valence-corrected chi connectivity index (χ3v) is 7.75. The largest absolute Gasteiger partial charge is 0.488 e. The van der Waals surface area contributed by atoms with Crippen LogP contribution in [0.2, 0.25) is 0 Å². The van der Waals surface area contributed by atoms with Crippen LogP contribution in [-0.2, 0) is 31.9 Å². The molecule has 0 aliphatic heterocycles. The maximum atomic E-state index is 11.3. The third-order valence-electron chi connectivity index (χ3n) is 6.51. The van der Waals surface area contributed by atoms with Crippen LogP contribution >= 0.6 is 31.9 Å². The molecule has 0 aliphatic rings. The second-order valence-electron chi connectivity index (χ2n) is 10.0. The van der Waals surface area contributed by atoms with Crippen molar-refractivity contribution in [3.8, 4) is 35.2 Å². The van der Waals surface area contributed by atoms with E-state index in [1.807, 2.05) is 60.7 Å². The van der Waals surface area contributed by atoms with Gasteiger partial charge in [-0.3, -0.25) is 0 Å². The van der Waals surface area contributed by atoms with Gasteiger partial charge in [0.2, 0.25) is 0 Å². The molecule has 0 bridgehead atoms. The van der Waals surface area contributed by atoms with Crippen LogP contribution in [0.5, 0.6) is 11.5 Å². The first kappa shape index (κ1) is 38.1. The zero-order valence-electron chi connectivity index (χ0n) is 26.6. The van der Waals surface area contributed by atoms with Gasteiger partial charge in [0.25, 0.3) is 0 Å². The second-order valence-corrected chi connectivity index (χ2v) is 11.8. The van der Waals surface area contributed by atoms with Gasteiger partial charge in [0.1, 0.15) is 24.7 Å². The van der Waals surface area contributed by atoms with Crippen LogP contribution in [0, 0.1) is 23.7 Å². The van der Waals surface area contributed by atoms with E-state index in [0.717, 1.165) is 31.2 Å². The van der Waals surface area contributed by atoms with Crippen LogP contribution in [0.3, 0.4) is 0 Å². The molecule has 3 aromatic carbocycles. The van der Waals surface area contributed by atoms with Crippen molar-refractivity contribution < 1.29 is 38.7 Å². The number of allylic oxidation sites excluding steroid dienone is 2. The van der Waals surface area contributed by atoms with Crippen molar-refractivity contribution in [2.24, 2.45) is 0 Å². The normalized spacial score (nSPS) is 12.1. The molecule has 10 heteroatoms. The van der Waals surface area contributed by atoms with Gasteiger partial charge in [-0.25, -0.2) is 9.59 Å². The average molecular weight is 781 g/mol. The van der Waals surface area contributed by atoms with E-state index in [0.29, 0.717) is 37.9 Å². The van der Waals surface area contributed by atoms with E-state index in [1.165, 1.54) is 0 Å². The third kappa shape index (κ3) is 13.4. The Bertz CT molecular complexity index is 1580. The highest BCUT2D eigenvalue weighted by molar-refractivity contribution is 9.10. The Morgan fingerprint density at radius 2 is 1.08 bits per heavy atom. The van der Waals surface area contributed by atoms with Gasteiger partial charge in [0.05, 0.1) is 8.95 Å². The Balaban J connectivity index is 1.41. The van der Waals surface area contributed by atoms with Gasteiger partial charge in [0, 0.05) is 37.2 Å². The average Bonchev–Trinajstić information content (AvgIpc) is 3.06. The lowest BCUT2D eigenvalue weighted by atomic mass is 10.1. The van der Waals surface area contributed by atoms with Gasteiger partial charge in [0.15, 0.2) is 12.2 Å². The second kappa shape index (κ2) is 20.8. The Labute approximate surface area is 298 Å². The zero-order valence-corrected chi connectivity index (χ0v) is 29.8. The summed E-state index contributed by atoms with van der Waals surface area (Å²) < 4.78 is 23.6. The maximum absolute atomic E-state index is 11.3. The molecule has 0 saturated carbocycles. The van der Waals surface area contributed by atoms with Crippen LogP contribution in [0.25, 0.3) is 0 Å². The first-order valence-corrected chi connectivity index (χ1v) is 16.7. The Kier molecular flexibility index (Phi) is 16.5. The van der Waals surface area contributed by atoms with Crippen molar-refractivity contribution in [2.45, 2.75) is 38.9 Å². The minimum Gasteiger partial charge on any atom is -0.488 e. The van der Waals surface area contributed by atoms with E-state index in [-0.39, 0.29) is 12.8 Å². The Hall–Kier alpha value is -4.32. The number of hydrogen-bond donors (Lipinski definition) is 2. The van der Waals surface area contributed by atoms with E-state index in [1.54, 1.807) is 38.1 Å². The van der Waals surface area contributed by atoms with E-state index in [2.05, 4.69) is 55.5 Å². The number of benzene rings is 3. The van der Waals surface area contributed by atoms with E-state index in [4.69, 9.17) is 18.9 Å². The highest BCUT2D eigenvalue weighted by Gasteiger charge is 2.19. The molecule has 48 heavy (non-hydrogen) atoms. The fourth-order valence-corrected chi connectivity index (χ4v) is 5.30. The van der Waals surface area contributed by atoms with Crippen molar-refractivity contribution in [2.75, 3.05) is 26.4 Å². The van der Waals surface area contributed by atoms with E-state index in [9.17, 15) is 19.8 Å². The summed E-state index contributed by atoms with van der Waals surface area (Å²) in [4.78, 5) is 22.7. The molecule has 2 atom stereocenters. The highest BCUT2D eigenvalue weighted by Crippen LogP contribution is 2.28. The van der Waals surface area contributed by atoms with Crippen molar-refractivity contribution in [1.82, 2.24) is 0 Å². The summed E-state index contributed by atoms with van der Waals surface area (Å²) in [6.45, 7) is 4.85. The number of hydrogen-bond acceptors (Lipinski definition) is 6. The van der Waals surface area contributed by atoms with Crippen molar-refractivity contribution in [1.29, 1.82) is 0 Å². The van der Waals surface area contributed by atoms with Gasteiger partial charge < -0.3 is 29.2 Å². The lowest BCUT2D eigenvalue weighted by molar-refractivity contribution is -0.150. The molecule has 0 aromatic heterocycles. The molecule has 0 fully saturated rings. The molecule has 0 saturated heterocycles. The number of rotatable bonds is 16. The van der Waals surface area contributed by atoms with Crippen LogP contribution in [0.1, 0.15) is 36.1 Å². The minimum absolute atomic E-state index is 0.269. The summed E-state index contributed by atoms with van der Waals surface area (Å²) >= 11 is 6.96. The first-order valence-electron chi connectivity index (χ1n) is 15.1. The van der Waals surface area contributed by atoms with Crippen molar-refractivity contribution >= 4 is 43.8 Å². The number of halogens is 2. The molecule has 3 aromatic rings. The molecule has 8 nitrogen and oxygen atoms in total. The minimum atomic E-state index is -0.986. The quantitative estimate of drug-likeness (QED) is 0.146. The Morgan fingerprint density at radius 3 is 1.42 bits per heavy atom. The SMILES string of the molecule is CCOC(Cc1ccc(OCC=CC#Cc2ccc(C#CC=CCOc3ccc(CC(OCC)C(=O)O)cc3Br)cc2)c(Br)c1)C(=O)O. The molecule has 250 valence electrons. The summed E-state index contributed by atoms with van der Waals surface area (Å²) in [6.07, 6.45) is 5.85. The molecule has 0 aliphatic carbocycles. The predicted molar refractivity (Wildman–Crippen MR) is 191 cm³/mol. The lowest BCUT2D eigenvalue weighted by Crippen LogP contribution is -2.26. The maximum Gasteiger partial charge on any atom is 0.333 e. The smallest absolute Gasteiger partial charge is 0.333 e. The zero-order chi connectivity index (χ0) is 34.7. The number of aliphatic carboxylic acids is 2. The topological polar surface area (TPSA) is 112 Å². The van der Waals surface area contributed by atoms with Gasteiger partial charge in [-0.1, -0.05) is 35.8 Å². The monoisotopic (exact) mass is 778 g/mol. The van der Waals surface area contributed by atoms with Gasteiger partial charge in [-0.2, -0.15) is 0 Å².